The van der Waals surface area contributed by atoms with Gasteiger partial charge >= 0.3 is 6.03 Å². The number of hydrogen-bond acceptors (Lipinski definition) is 4. The highest BCUT2D eigenvalue weighted by Crippen LogP contribution is 2.36. The summed E-state index contributed by atoms with van der Waals surface area (Å²) in [6, 6.07) is 8.73. The Morgan fingerprint density at radius 2 is 1.71 bits per heavy atom. The maximum Gasteiger partial charge on any atom is 0.321 e. The Hall–Kier alpha value is -2.60. The van der Waals surface area contributed by atoms with Crippen molar-refractivity contribution in [3.05, 3.63) is 46.5 Å². The summed E-state index contributed by atoms with van der Waals surface area (Å²) in [4.78, 5) is 12.3. The monoisotopic (exact) mass is 406 g/mol. The lowest BCUT2D eigenvalue weighted by atomic mass is 9.85. The molecule has 0 saturated carbocycles. The molecule has 0 aliphatic heterocycles. The minimum atomic E-state index is -0.438. The number of benzene rings is 2. The largest absolute Gasteiger partial charge is 0.495 e. The lowest BCUT2D eigenvalue weighted by molar-refractivity contribution is 0.233. The predicted molar refractivity (Wildman–Crippen MR) is 112 cm³/mol. The fourth-order valence-corrected chi connectivity index (χ4v) is 2.89. The molecule has 6 nitrogen and oxygen atoms in total. The molecule has 0 radical (unpaired) electrons. The Balaban J connectivity index is 2.03. The number of halogens is 1. The van der Waals surface area contributed by atoms with Gasteiger partial charge in [-0.2, -0.15) is 0 Å². The van der Waals surface area contributed by atoms with E-state index in [0.29, 0.717) is 22.2 Å². The van der Waals surface area contributed by atoms with E-state index in [4.69, 9.17) is 25.8 Å². The normalized spacial score (nSPS) is 11.0. The minimum Gasteiger partial charge on any atom is -0.495 e. The molecule has 2 N–H and O–H groups in total. The van der Waals surface area contributed by atoms with Crippen molar-refractivity contribution in [2.24, 2.45) is 0 Å². The van der Waals surface area contributed by atoms with Crippen LogP contribution < -0.4 is 24.8 Å². The Bertz CT molecular complexity index is 847. The van der Waals surface area contributed by atoms with Crippen LogP contribution in [0.4, 0.5) is 10.5 Å². The zero-order valence-corrected chi connectivity index (χ0v) is 17.9. The van der Waals surface area contributed by atoms with Crippen LogP contribution in [-0.4, -0.2) is 27.0 Å². The lowest BCUT2D eigenvalue weighted by Crippen LogP contribution is -2.32. The minimum absolute atomic E-state index is 0.0189. The van der Waals surface area contributed by atoms with E-state index in [1.54, 1.807) is 12.1 Å². The van der Waals surface area contributed by atoms with Crippen LogP contribution in [0.3, 0.4) is 0 Å². The first-order valence-electron chi connectivity index (χ1n) is 8.86. The van der Waals surface area contributed by atoms with Gasteiger partial charge in [0.05, 0.1) is 24.9 Å². The van der Waals surface area contributed by atoms with Gasteiger partial charge in [0.1, 0.15) is 17.2 Å². The zero-order chi connectivity index (χ0) is 20.9. The summed E-state index contributed by atoms with van der Waals surface area (Å²) in [7, 11) is 3.00. The number of urea groups is 1. The molecule has 0 fully saturated rings. The Kier molecular flexibility index (Phi) is 7.02. The molecule has 0 aromatic heterocycles. The molecular weight excluding hydrogens is 380 g/mol. The van der Waals surface area contributed by atoms with E-state index < -0.39 is 6.03 Å². The Morgan fingerprint density at radius 1 is 1.04 bits per heavy atom. The highest BCUT2D eigenvalue weighted by Gasteiger charge is 2.19. The molecule has 0 bridgehead atoms. The number of carbonyl (C=O) groups excluding carboxylic acids is 1. The standard InChI is InChI=1S/C21H27ClN2O4/c1-13-7-8-17(14(9-13)21(2,3)4)28-12-23-20(25)24-16-11-18(26-5)15(22)10-19(16)27-6/h7-11H,12H2,1-6H3,(H2,23,24,25). The third-order valence-electron chi connectivity index (χ3n) is 4.13. The number of ether oxygens (including phenoxy) is 3. The second-order valence-corrected chi connectivity index (χ2v) is 7.76. The number of methoxy groups -OCH3 is 2. The predicted octanol–water partition coefficient (Wildman–Crippen LogP) is 5.12. The fourth-order valence-electron chi connectivity index (χ4n) is 2.66. The van der Waals surface area contributed by atoms with Crippen LogP contribution in [-0.2, 0) is 5.41 Å². The summed E-state index contributed by atoms with van der Waals surface area (Å²) < 4.78 is 16.2. The van der Waals surface area contributed by atoms with Crippen molar-refractivity contribution in [3.8, 4) is 17.2 Å². The van der Waals surface area contributed by atoms with Gasteiger partial charge in [0, 0.05) is 12.1 Å². The van der Waals surface area contributed by atoms with Gasteiger partial charge < -0.3 is 24.8 Å². The molecule has 0 spiro atoms. The van der Waals surface area contributed by atoms with Gasteiger partial charge in [-0.05, 0) is 24.0 Å². The van der Waals surface area contributed by atoms with Crippen molar-refractivity contribution in [3.63, 3.8) is 0 Å². The molecule has 0 saturated heterocycles. The second-order valence-electron chi connectivity index (χ2n) is 7.36. The van der Waals surface area contributed by atoms with Crippen molar-refractivity contribution in [2.45, 2.75) is 33.1 Å². The first-order chi connectivity index (χ1) is 13.2. The third-order valence-corrected chi connectivity index (χ3v) is 4.42. The van der Waals surface area contributed by atoms with Crippen molar-refractivity contribution in [2.75, 3.05) is 26.3 Å². The summed E-state index contributed by atoms with van der Waals surface area (Å²) in [5, 5.41) is 5.78. The number of hydrogen-bond donors (Lipinski definition) is 2. The summed E-state index contributed by atoms with van der Waals surface area (Å²) in [6.07, 6.45) is 0. The first-order valence-corrected chi connectivity index (χ1v) is 9.23. The molecule has 7 heteroatoms. The van der Waals surface area contributed by atoms with Gasteiger partial charge in [0.15, 0.2) is 6.73 Å². The van der Waals surface area contributed by atoms with Crippen LogP contribution in [0.2, 0.25) is 5.02 Å². The highest BCUT2D eigenvalue weighted by molar-refractivity contribution is 6.32. The first kappa shape index (κ1) is 21.7. The topological polar surface area (TPSA) is 68.8 Å². The molecule has 2 amide bonds. The average molecular weight is 407 g/mol. The van der Waals surface area contributed by atoms with Crippen molar-refractivity contribution < 1.29 is 19.0 Å². The van der Waals surface area contributed by atoms with E-state index in [9.17, 15) is 4.79 Å². The number of carbonyl (C=O) groups is 1. The van der Waals surface area contributed by atoms with Crippen molar-refractivity contribution in [1.29, 1.82) is 0 Å². The molecule has 28 heavy (non-hydrogen) atoms. The van der Waals surface area contributed by atoms with Crippen molar-refractivity contribution in [1.82, 2.24) is 5.32 Å². The Labute approximate surface area is 171 Å². The van der Waals surface area contributed by atoms with E-state index in [0.717, 1.165) is 16.9 Å². The molecule has 2 aromatic carbocycles. The molecular formula is C21H27ClN2O4. The number of amides is 2. The fraction of sp³-hybridized carbons (Fsp3) is 0.381. The molecule has 0 aliphatic carbocycles. The summed E-state index contributed by atoms with van der Waals surface area (Å²) in [6.45, 7) is 8.42. The maximum absolute atomic E-state index is 12.3. The van der Waals surface area contributed by atoms with E-state index in [-0.39, 0.29) is 12.1 Å². The number of nitrogens with one attached hydrogen (secondary N) is 2. The maximum atomic E-state index is 12.3. The highest BCUT2D eigenvalue weighted by atomic mass is 35.5. The molecule has 0 unspecified atom stereocenters. The molecule has 2 rings (SSSR count). The van der Waals surface area contributed by atoms with E-state index in [1.165, 1.54) is 14.2 Å². The second kappa shape index (κ2) is 9.06. The summed E-state index contributed by atoms with van der Waals surface area (Å²) in [5.41, 5.74) is 2.61. The molecule has 0 atom stereocenters. The van der Waals surface area contributed by atoms with Gasteiger partial charge in [0.25, 0.3) is 0 Å². The number of anilines is 1. The van der Waals surface area contributed by atoms with E-state index >= 15 is 0 Å². The molecule has 152 valence electrons. The quantitative estimate of drug-likeness (QED) is 0.653. The Morgan fingerprint density at radius 3 is 2.32 bits per heavy atom. The van der Waals surface area contributed by atoms with E-state index in [1.807, 2.05) is 19.1 Å². The van der Waals surface area contributed by atoms with Crippen LogP contribution in [0, 0.1) is 6.92 Å². The number of rotatable bonds is 6. The third kappa shape index (κ3) is 5.45. The van der Waals surface area contributed by atoms with Gasteiger partial charge in [-0.3, -0.25) is 0 Å². The molecule has 0 heterocycles. The van der Waals surface area contributed by atoms with Crippen molar-refractivity contribution >= 4 is 23.3 Å². The average Bonchev–Trinajstić information content (AvgIpc) is 2.63. The van der Waals surface area contributed by atoms with Gasteiger partial charge in [-0.15, -0.1) is 0 Å². The zero-order valence-electron chi connectivity index (χ0n) is 17.1. The van der Waals surface area contributed by atoms with Crippen LogP contribution in [0.5, 0.6) is 17.2 Å². The van der Waals surface area contributed by atoms with Crippen LogP contribution in [0.1, 0.15) is 31.9 Å². The number of aryl methyl sites for hydroxylation is 1. The van der Waals surface area contributed by atoms with E-state index in [2.05, 4.69) is 37.5 Å². The smallest absolute Gasteiger partial charge is 0.321 e. The summed E-state index contributed by atoms with van der Waals surface area (Å²) in [5.74, 6) is 1.60. The SMILES string of the molecule is COc1cc(NC(=O)NCOc2ccc(C)cc2C(C)(C)C)c(OC)cc1Cl. The molecule has 2 aromatic rings. The van der Waals surface area contributed by atoms with Crippen LogP contribution >= 0.6 is 11.6 Å². The summed E-state index contributed by atoms with van der Waals surface area (Å²) >= 11 is 6.08. The van der Waals surface area contributed by atoms with Crippen LogP contribution in [0.25, 0.3) is 0 Å². The van der Waals surface area contributed by atoms with Gasteiger partial charge in [-0.25, -0.2) is 4.79 Å². The molecule has 0 aliphatic rings. The van der Waals surface area contributed by atoms with Gasteiger partial charge in [0.2, 0.25) is 0 Å². The lowest BCUT2D eigenvalue weighted by Gasteiger charge is -2.23. The van der Waals surface area contributed by atoms with Crippen LogP contribution in [0.15, 0.2) is 30.3 Å². The van der Waals surface area contributed by atoms with Gasteiger partial charge in [-0.1, -0.05) is 50.1 Å².